The monoisotopic (exact) mass is 538 g/mol. The summed E-state index contributed by atoms with van der Waals surface area (Å²) in [7, 11) is 3.30. The van der Waals surface area contributed by atoms with E-state index in [-0.39, 0.29) is 12.5 Å². The molecule has 2 aromatic carbocycles. The van der Waals surface area contributed by atoms with E-state index in [2.05, 4.69) is 20.8 Å². The standard InChI is InChI=1S/C21H25BrN2O4.C2H2O4/c1-26-19-5-3-4-16(21(19)27-2)14-23-10-12-24(13-11-23)20(25)15-28-18-8-6-17(22)7-9-18;3-1(4)2(5)6/h3-9H,10-15H2,1-2H3;(H,3,4)(H,5,6). The number of rotatable bonds is 7. The van der Waals surface area contributed by atoms with Gasteiger partial charge in [0.25, 0.3) is 5.91 Å². The van der Waals surface area contributed by atoms with Gasteiger partial charge in [-0.2, -0.15) is 0 Å². The number of carboxylic acids is 2. The van der Waals surface area contributed by atoms with Crippen LogP contribution in [0.1, 0.15) is 5.56 Å². The maximum absolute atomic E-state index is 12.4. The van der Waals surface area contributed by atoms with E-state index in [1.807, 2.05) is 47.4 Å². The van der Waals surface area contributed by atoms with Gasteiger partial charge in [0.05, 0.1) is 14.2 Å². The molecular formula is C23H27BrN2O8. The van der Waals surface area contributed by atoms with Crippen LogP contribution in [-0.2, 0) is 20.9 Å². The fourth-order valence-corrected chi connectivity index (χ4v) is 3.51. The third-order valence-corrected chi connectivity index (χ3v) is 5.49. The Labute approximate surface area is 205 Å². The van der Waals surface area contributed by atoms with Crippen molar-refractivity contribution in [1.82, 2.24) is 9.80 Å². The lowest BCUT2D eigenvalue weighted by Crippen LogP contribution is -2.49. The molecule has 0 unspecified atom stereocenters. The van der Waals surface area contributed by atoms with Crippen LogP contribution in [0.4, 0.5) is 0 Å². The molecule has 3 rings (SSSR count). The van der Waals surface area contributed by atoms with Crippen LogP contribution in [0.15, 0.2) is 46.9 Å². The summed E-state index contributed by atoms with van der Waals surface area (Å²) in [6.45, 7) is 3.82. The van der Waals surface area contributed by atoms with E-state index in [0.717, 1.165) is 41.2 Å². The van der Waals surface area contributed by atoms with Crippen LogP contribution in [-0.4, -0.2) is 84.9 Å². The lowest BCUT2D eigenvalue weighted by atomic mass is 10.1. The van der Waals surface area contributed by atoms with Crippen molar-refractivity contribution in [2.45, 2.75) is 6.54 Å². The largest absolute Gasteiger partial charge is 0.493 e. The summed E-state index contributed by atoms with van der Waals surface area (Å²) in [6, 6.07) is 13.4. The second-order valence-electron chi connectivity index (χ2n) is 7.16. The predicted molar refractivity (Wildman–Crippen MR) is 126 cm³/mol. The van der Waals surface area contributed by atoms with Crippen molar-refractivity contribution in [2.75, 3.05) is 47.0 Å². The van der Waals surface area contributed by atoms with Gasteiger partial charge in [0.2, 0.25) is 0 Å². The van der Waals surface area contributed by atoms with Crippen molar-refractivity contribution in [3.63, 3.8) is 0 Å². The number of benzene rings is 2. The number of carbonyl (C=O) groups is 3. The zero-order valence-electron chi connectivity index (χ0n) is 18.9. The quantitative estimate of drug-likeness (QED) is 0.510. The lowest BCUT2D eigenvalue weighted by Gasteiger charge is -2.35. The van der Waals surface area contributed by atoms with Gasteiger partial charge in [-0.25, -0.2) is 9.59 Å². The topological polar surface area (TPSA) is 126 Å². The van der Waals surface area contributed by atoms with Crippen LogP contribution in [0, 0.1) is 0 Å². The van der Waals surface area contributed by atoms with Crippen molar-refractivity contribution in [3.8, 4) is 17.2 Å². The molecule has 0 radical (unpaired) electrons. The Hall–Kier alpha value is -3.31. The molecule has 2 aromatic rings. The molecule has 0 bridgehead atoms. The number of methoxy groups -OCH3 is 2. The number of carboxylic acid groups (broad SMARTS) is 2. The molecule has 0 spiro atoms. The van der Waals surface area contributed by atoms with Gasteiger partial charge in [-0.15, -0.1) is 0 Å². The van der Waals surface area contributed by atoms with Gasteiger partial charge in [0.1, 0.15) is 5.75 Å². The van der Waals surface area contributed by atoms with Gasteiger partial charge in [0, 0.05) is 42.8 Å². The van der Waals surface area contributed by atoms with E-state index in [1.54, 1.807) is 14.2 Å². The number of amides is 1. The molecule has 1 aliphatic heterocycles. The number of hydrogen-bond acceptors (Lipinski definition) is 7. The Morgan fingerprint density at radius 3 is 2.06 bits per heavy atom. The molecule has 34 heavy (non-hydrogen) atoms. The molecule has 0 saturated carbocycles. The van der Waals surface area contributed by atoms with Gasteiger partial charge < -0.3 is 29.3 Å². The van der Waals surface area contributed by atoms with E-state index >= 15 is 0 Å². The molecule has 10 nitrogen and oxygen atoms in total. The highest BCUT2D eigenvalue weighted by atomic mass is 79.9. The van der Waals surface area contributed by atoms with Gasteiger partial charge in [0.15, 0.2) is 18.1 Å². The molecule has 1 heterocycles. The SMILES string of the molecule is COc1cccc(CN2CCN(C(=O)COc3ccc(Br)cc3)CC2)c1OC.O=C(O)C(=O)O. The molecular weight excluding hydrogens is 512 g/mol. The second kappa shape index (κ2) is 13.4. The van der Waals surface area contributed by atoms with Crippen LogP contribution < -0.4 is 14.2 Å². The number of para-hydroxylation sites is 1. The minimum Gasteiger partial charge on any atom is -0.493 e. The second-order valence-corrected chi connectivity index (χ2v) is 8.08. The lowest BCUT2D eigenvalue weighted by molar-refractivity contribution is -0.159. The zero-order chi connectivity index (χ0) is 25.1. The fraction of sp³-hybridized carbons (Fsp3) is 0.348. The summed E-state index contributed by atoms with van der Waals surface area (Å²) in [6.07, 6.45) is 0. The van der Waals surface area contributed by atoms with Crippen molar-refractivity contribution in [2.24, 2.45) is 0 Å². The molecule has 0 aromatic heterocycles. The third-order valence-electron chi connectivity index (χ3n) is 4.96. The summed E-state index contributed by atoms with van der Waals surface area (Å²) in [5.74, 6) is -1.43. The summed E-state index contributed by atoms with van der Waals surface area (Å²) in [5.41, 5.74) is 1.08. The third kappa shape index (κ3) is 8.23. The van der Waals surface area contributed by atoms with E-state index in [4.69, 9.17) is 34.0 Å². The highest BCUT2D eigenvalue weighted by molar-refractivity contribution is 9.10. The normalized spacial score (nSPS) is 13.3. The van der Waals surface area contributed by atoms with E-state index in [9.17, 15) is 4.79 Å². The van der Waals surface area contributed by atoms with Gasteiger partial charge in [-0.05, 0) is 30.3 Å². The molecule has 184 valence electrons. The molecule has 1 aliphatic rings. The maximum Gasteiger partial charge on any atom is 0.414 e. The van der Waals surface area contributed by atoms with Crippen LogP contribution >= 0.6 is 15.9 Å². The number of aliphatic carboxylic acids is 2. The Kier molecular flexibility index (Phi) is 10.6. The summed E-state index contributed by atoms with van der Waals surface area (Å²) in [4.78, 5) is 34.8. The molecule has 1 saturated heterocycles. The number of hydrogen-bond donors (Lipinski definition) is 2. The Balaban J connectivity index is 0.000000604. The number of ether oxygens (including phenoxy) is 3. The number of piperazine rings is 1. The number of carbonyl (C=O) groups excluding carboxylic acids is 1. The summed E-state index contributed by atoms with van der Waals surface area (Å²) < 4.78 is 17.5. The van der Waals surface area contributed by atoms with Crippen LogP contribution in [0.5, 0.6) is 17.2 Å². The molecule has 0 aliphatic carbocycles. The van der Waals surface area contributed by atoms with Crippen molar-refractivity contribution in [3.05, 3.63) is 52.5 Å². The highest BCUT2D eigenvalue weighted by Gasteiger charge is 2.22. The fourth-order valence-electron chi connectivity index (χ4n) is 3.24. The average Bonchev–Trinajstić information content (AvgIpc) is 2.84. The molecule has 1 fully saturated rings. The molecule has 2 N–H and O–H groups in total. The van der Waals surface area contributed by atoms with Crippen molar-refractivity contribution in [1.29, 1.82) is 0 Å². The smallest absolute Gasteiger partial charge is 0.414 e. The van der Waals surface area contributed by atoms with Crippen LogP contribution in [0.2, 0.25) is 0 Å². The highest BCUT2D eigenvalue weighted by Crippen LogP contribution is 2.31. The first-order chi connectivity index (χ1) is 16.2. The van der Waals surface area contributed by atoms with E-state index < -0.39 is 11.9 Å². The first kappa shape index (κ1) is 26.9. The molecule has 11 heteroatoms. The minimum absolute atomic E-state index is 0.0153. The van der Waals surface area contributed by atoms with E-state index in [1.165, 1.54) is 0 Å². The van der Waals surface area contributed by atoms with Crippen molar-refractivity contribution >= 4 is 33.8 Å². The predicted octanol–water partition coefficient (Wildman–Crippen LogP) is 2.35. The first-order valence-corrected chi connectivity index (χ1v) is 11.1. The van der Waals surface area contributed by atoms with Crippen LogP contribution in [0.3, 0.4) is 0 Å². The van der Waals surface area contributed by atoms with Crippen molar-refractivity contribution < 1.29 is 38.8 Å². The maximum atomic E-state index is 12.4. The summed E-state index contributed by atoms with van der Waals surface area (Å²) in [5, 5.41) is 14.8. The molecule has 1 amide bonds. The first-order valence-electron chi connectivity index (χ1n) is 10.3. The Morgan fingerprint density at radius 2 is 1.53 bits per heavy atom. The summed E-state index contributed by atoms with van der Waals surface area (Å²) >= 11 is 3.38. The minimum atomic E-state index is -1.82. The van der Waals surface area contributed by atoms with Gasteiger partial charge in [-0.3, -0.25) is 9.69 Å². The van der Waals surface area contributed by atoms with E-state index in [0.29, 0.717) is 18.8 Å². The Bertz CT molecular complexity index is 963. The van der Waals surface area contributed by atoms with Crippen LogP contribution in [0.25, 0.3) is 0 Å². The number of nitrogens with zero attached hydrogens (tertiary/aromatic N) is 2. The zero-order valence-corrected chi connectivity index (χ0v) is 20.5. The number of halogens is 1. The Morgan fingerprint density at radius 1 is 0.912 bits per heavy atom. The van der Waals surface area contributed by atoms with Gasteiger partial charge in [-0.1, -0.05) is 28.1 Å². The van der Waals surface area contributed by atoms with Gasteiger partial charge >= 0.3 is 11.9 Å². The average molecular weight is 539 g/mol. The molecule has 0 atom stereocenters.